The summed E-state index contributed by atoms with van der Waals surface area (Å²) in [6.45, 7) is 5.58. The van der Waals surface area contributed by atoms with Crippen LogP contribution in [0.2, 0.25) is 0 Å². The van der Waals surface area contributed by atoms with Gasteiger partial charge in [0.15, 0.2) is 0 Å². The molecule has 1 unspecified atom stereocenters. The number of carbonyl (C=O) groups excluding carboxylic acids is 3. The molecule has 1 N–H and O–H groups in total. The average Bonchev–Trinajstić information content (AvgIpc) is 2.79. The van der Waals surface area contributed by atoms with Crippen LogP contribution in [0.3, 0.4) is 0 Å². The van der Waals surface area contributed by atoms with Gasteiger partial charge in [-0.1, -0.05) is 30.9 Å². The van der Waals surface area contributed by atoms with Gasteiger partial charge in [0.05, 0.1) is 5.69 Å². The predicted molar refractivity (Wildman–Crippen MR) is 83.8 cm³/mol. The molecule has 3 rings (SSSR count). The smallest absolute Gasteiger partial charge is 0.259 e. The Hall–Kier alpha value is -2.69. The summed E-state index contributed by atoms with van der Waals surface area (Å²) in [5.41, 5.74) is 2.92. The molecule has 3 amide bonds. The van der Waals surface area contributed by atoms with Crippen LogP contribution in [-0.2, 0) is 14.4 Å². The molecule has 0 radical (unpaired) electrons. The highest BCUT2D eigenvalue weighted by atomic mass is 16.2. The van der Waals surface area contributed by atoms with E-state index >= 15 is 0 Å². The number of allylic oxidation sites excluding steroid dienone is 1. The molecule has 0 bridgehead atoms. The van der Waals surface area contributed by atoms with E-state index < -0.39 is 11.9 Å². The van der Waals surface area contributed by atoms with Crippen molar-refractivity contribution >= 4 is 35.1 Å². The highest BCUT2D eigenvalue weighted by Gasteiger charge is 2.42. The molecule has 1 atom stereocenters. The third kappa shape index (κ3) is 1.97. The predicted octanol–water partition coefficient (Wildman–Crippen LogP) is 1.88. The number of hydrogen-bond donors (Lipinski definition) is 1. The Morgan fingerprint density at radius 1 is 1.32 bits per heavy atom. The first-order valence-electron chi connectivity index (χ1n) is 7.18. The molecule has 1 aromatic rings. The van der Waals surface area contributed by atoms with Gasteiger partial charge in [0.1, 0.15) is 6.04 Å². The van der Waals surface area contributed by atoms with E-state index in [1.807, 2.05) is 18.2 Å². The van der Waals surface area contributed by atoms with Gasteiger partial charge in [0.2, 0.25) is 11.8 Å². The van der Waals surface area contributed by atoms with Crippen molar-refractivity contribution in [2.75, 3.05) is 4.90 Å². The zero-order valence-corrected chi connectivity index (χ0v) is 12.3. The molecule has 0 saturated carbocycles. The summed E-state index contributed by atoms with van der Waals surface area (Å²) in [5, 5.41) is 2.31. The zero-order valence-electron chi connectivity index (χ0n) is 12.3. The van der Waals surface area contributed by atoms with Crippen LogP contribution in [0.15, 0.2) is 30.9 Å². The van der Waals surface area contributed by atoms with Gasteiger partial charge in [-0.05, 0) is 25.0 Å². The fourth-order valence-corrected chi connectivity index (χ4v) is 3.07. The fraction of sp³-hybridized carbons (Fsp3) is 0.235. The van der Waals surface area contributed by atoms with Crippen LogP contribution in [0.25, 0.3) is 11.6 Å². The van der Waals surface area contributed by atoms with Gasteiger partial charge in [0.25, 0.3) is 5.91 Å². The molecular formula is C17H16N2O3. The number of amides is 3. The van der Waals surface area contributed by atoms with Crippen molar-refractivity contribution in [2.45, 2.75) is 25.8 Å². The monoisotopic (exact) mass is 296 g/mol. The molecule has 1 saturated heterocycles. The Morgan fingerprint density at radius 2 is 2.09 bits per heavy atom. The first kappa shape index (κ1) is 14.3. The second kappa shape index (κ2) is 5.26. The van der Waals surface area contributed by atoms with Gasteiger partial charge in [0, 0.05) is 17.6 Å². The van der Waals surface area contributed by atoms with E-state index in [-0.39, 0.29) is 18.2 Å². The lowest BCUT2D eigenvalue weighted by Crippen LogP contribution is -2.53. The number of benzene rings is 1. The number of rotatable bonds is 2. The Bertz CT molecular complexity index is 733. The summed E-state index contributed by atoms with van der Waals surface area (Å²) in [7, 11) is 0. The Balaban J connectivity index is 2.12. The summed E-state index contributed by atoms with van der Waals surface area (Å²) >= 11 is 0. The first-order chi connectivity index (χ1) is 10.6. The molecule has 2 aliphatic heterocycles. The summed E-state index contributed by atoms with van der Waals surface area (Å²) in [5.74, 6) is -0.919. The van der Waals surface area contributed by atoms with Crippen LogP contribution in [0.4, 0.5) is 5.69 Å². The van der Waals surface area contributed by atoms with Crippen LogP contribution < -0.4 is 10.2 Å². The standard InChI is InChI=1S/C17H16N2O3/c1-3-10-6-5-7-12-15(10)11(4-2)17(22)19(12)13-8-9-14(20)18-16(13)21/h3-7,13H,1,8-9H2,2H3,(H,18,20,21)/b11-4+. The normalized spacial score (nSPS) is 22.8. The molecule has 2 heterocycles. The number of carbonyl (C=O) groups is 3. The molecule has 0 aromatic heterocycles. The van der Waals surface area contributed by atoms with E-state index in [1.54, 1.807) is 19.1 Å². The number of hydrogen-bond acceptors (Lipinski definition) is 3. The van der Waals surface area contributed by atoms with E-state index in [9.17, 15) is 14.4 Å². The number of piperidine rings is 1. The Morgan fingerprint density at radius 3 is 2.73 bits per heavy atom. The van der Waals surface area contributed by atoms with Crippen molar-refractivity contribution in [1.82, 2.24) is 5.32 Å². The van der Waals surface area contributed by atoms with Crippen LogP contribution in [0.5, 0.6) is 0 Å². The third-order valence-corrected chi connectivity index (χ3v) is 4.08. The molecule has 1 aromatic carbocycles. The second-order valence-corrected chi connectivity index (χ2v) is 5.29. The maximum absolute atomic E-state index is 12.7. The molecule has 5 nitrogen and oxygen atoms in total. The number of fused-ring (bicyclic) bond motifs is 1. The summed E-state index contributed by atoms with van der Waals surface area (Å²) in [4.78, 5) is 37.7. The van der Waals surface area contributed by atoms with Crippen LogP contribution in [0.1, 0.15) is 30.9 Å². The quantitative estimate of drug-likeness (QED) is 0.669. The molecule has 0 aliphatic carbocycles. The van der Waals surface area contributed by atoms with E-state index in [4.69, 9.17) is 0 Å². The largest absolute Gasteiger partial charge is 0.295 e. The number of imide groups is 1. The van der Waals surface area contributed by atoms with Crippen LogP contribution in [-0.4, -0.2) is 23.8 Å². The van der Waals surface area contributed by atoms with Gasteiger partial charge >= 0.3 is 0 Å². The summed E-state index contributed by atoms with van der Waals surface area (Å²) < 4.78 is 0. The van der Waals surface area contributed by atoms with Gasteiger partial charge in [-0.25, -0.2) is 0 Å². The molecule has 112 valence electrons. The van der Waals surface area contributed by atoms with Gasteiger partial charge in [-0.2, -0.15) is 0 Å². The van der Waals surface area contributed by atoms with Gasteiger partial charge < -0.3 is 0 Å². The van der Waals surface area contributed by atoms with Gasteiger partial charge in [-0.3, -0.25) is 24.6 Å². The highest BCUT2D eigenvalue weighted by Crippen LogP contribution is 2.41. The van der Waals surface area contributed by atoms with Gasteiger partial charge in [-0.15, -0.1) is 0 Å². The lowest BCUT2D eigenvalue weighted by atomic mass is 10.0. The minimum atomic E-state index is -0.651. The first-order valence-corrected chi connectivity index (χ1v) is 7.18. The molecule has 1 fully saturated rings. The van der Waals surface area contributed by atoms with E-state index in [1.165, 1.54) is 4.90 Å². The molecule has 22 heavy (non-hydrogen) atoms. The van der Waals surface area contributed by atoms with Crippen molar-refractivity contribution in [2.24, 2.45) is 0 Å². The lowest BCUT2D eigenvalue weighted by Gasteiger charge is -2.29. The van der Waals surface area contributed by atoms with Crippen LogP contribution >= 0.6 is 0 Å². The minimum absolute atomic E-state index is 0.207. The van der Waals surface area contributed by atoms with Crippen LogP contribution in [0, 0.1) is 0 Å². The number of anilines is 1. The van der Waals surface area contributed by atoms with Crippen molar-refractivity contribution in [3.8, 4) is 0 Å². The maximum atomic E-state index is 12.7. The second-order valence-electron chi connectivity index (χ2n) is 5.29. The van der Waals surface area contributed by atoms with E-state index in [0.29, 0.717) is 17.7 Å². The fourth-order valence-electron chi connectivity index (χ4n) is 3.07. The molecular weight excluding hydrogens is 280 g/mol. The van der Waals surface area contributed by atoms with Crippen molar-refractivity contribution in [1.29, 1.82) is 0 Å². The maximum Gasteiger partial charge on any atom is 0.259 e. The topological polar surface area (TPSA) is 66.5 Å². The molecule has 2 aliphatic rings. The SMILES string of the molecule is C=Cc1cccc2c1/C(=C\C)C(=O)N2C1CCC(=O)NC1=O. The lowest BCUT2D eigenvalue weighted by molar-refractivity contribution is -0.135. The van der Waals surface area contributed by atoms with Crippen molar-refractivity contribution in [3.63, 3.8) is 0 Å². The number of nitrogens with zero attached hydrogens (tertiary/aromatic N) is 1. The third-order valence-electron chi connectivity index (χ3n) is 4.08. The van der Waals surface area contributed by atoms with Crippen molar-refractivity contribution < 1.29 is 14.4 Å². The van der Waals surface area contributed by atoms with Crippen molar-refractivity contribution in [3.05, 3.63) is 42.0 Å². The highest BCUT2D eigenvalue weighted by molar-refractivity contribution is 6.34. The molecule has 0 spiro atoms. The molecule has 5 heteroatoms. The summed E-state index contributed by atoms with van der Waals surface area (Å²) in [6.07, 6.45) is 4.02. The average molecular weight is 296 g/mol. The van der Waals surface area contributed by atoms with E-state index in [2.05, 4.69) is 11.9 Å². The Kier molecular flexibility index (Phi) is 3.41. The number of nitrogens with one attached hydrogen (secondary N) is 1. The zero-order chi connectivity index (χ0) is 15.9. The Labute approximate surface area is 128 Å². The minimum Gasteiger partial charge on any atom is -0.295 e. The van der Waals surface area contributed by atoms with E-state index in [0.717, 1.165) is 11.1 Å². The summed E-state index contributed by atoms with van der Waals surface area (Å²) in [6, 6.07) is 4.89.